The number of halogens is 4. The Morgan fingerprint density at radius 3 is 2.68 bits per heavy atom. The van der Waals surface area contributed by atoms with Crippen LogP contribution < -0.4 is 20.1 Å². The van der Waals surface area contributed by atoms with Gasteiger partial charge in [0.05, 0.1) is 29.1 Å². The monoisotopic (exact) mass is 470 g/mol. The standard InChI is InChI=1S/C20H18ClF3N4O2S/c1-3-26-10-13(14-9-25-18(21)31-14)28-17(30)15(16(29)27(4-2)19(26)28)11-6-5-7-12(8-11)20(22,23)24/h5-9,13H,3-4,10H2,1-2H3. The molecule has 3 aromatic rings. The largest absolute Gasteiger partial charge is 0.848 e. The van der Waals surface area contributed by atoms with Crippen molar-refractivity contribution in [1.82, 2.24) is 9.55 Å². The molecule has 6 nitrogen and oxygen atoms in total. The molecule has 0 aliphatic carbocycles. The van der Waals surface area contributed by atoms with Gasteiger partial charge in [-0.1, -0.05) is 23.7 Å². The van der Waals surface area contributed by atoms with Crippen LogP contribution in [0.4, 0.5) is 19.1 Å². The predicted molar refractivity (Wildman–Crippen MR) is 110 cm³/mol. The maximum atomic E-state index is 13.6. The number of rotatable bonds is 4. The molecule has 1 aliphatic rings. The molecular formula is C20H18ClF3N4O2S. The number of hydrogen-bond donors (Lipinski definition) is 0. The van der Waals surface area contributed by atoms with Crippen LogP contribution in [-0.4, -0.2) is 22.6 Å². The highest BCUT2D eigenvalue weighted by atomic mass is 35.5. The third-order valence-electron chi connectivity index (χ3n) is 5.34. The normalized spacial score (nSPS) is 16.1. The summed E-state index contributed by atoms with van der Waals surface area (Å²) in [4.78, 5) is 20.2. The van der Waals surface area contributed by atoms with E-state index >= 15 is 0 Å². The molecule has 0 fully saturated rings. The Hall–Kier alpha value is -2.59. The Labute approximate surface area is 184 Å². The van der Waals surface area contributed by atoms with E-state index in [1.165, 1.54) is 32.6 Å². The number of likely N-dealkylation sites (N-methyl/N-ethyl adjacent to an activating group) is 1. The molecule has 1 atom stereocenters. The Morgan fingerprint density at radius 1 is 1.35 bits per heavy atom. The third-order valence-corrected chi connectivity index (χ3v) is 6.55. The number of benzene rings is 1. The average molecular weight is 471 g/mol. The van der Waals surface area contributed by atoms with Gasteiger partial charge in [0.2, 0.25) is 0 Å². The minimum absolute atomic E-state index is 0.0571. The third kappa shape index (κ3) is 3.57. The minimum Gasteiger partial charge on any atom is -0.848 e. The second kappa shape index (κ2) is 7.83. The number of alkyl halides is 3. The van der Waals surface area contributed by atoms with Gasteiger partial charge in [0, 0.05) is 12.1 Å². The van der Waals surface area contributed by atoms with Crippen molar-refractivity contribution in [3.05, 3.63) is 55.7 Å². The predicted octanol–water partition coefficient (Wildman–Crippen LogP) is 3.45. The molecule has 2 aromatic heterocycles. The van der Waals surface area contributed by atoms with E-state index in [2.05, 4.69) is 4.98 Å². The summed E-state index contributed by atoms with van der Waals surface area (Å²) in [7, 11) is 0. The van der Waals surface area contributed by atoms with Crippen molar-refractivity contribution in [2.75, 3.05) is 18.0 Å². The number of thiazole rings is 1. The average Bonchev–Trinajstić information content (AvgIpc) is 3.32. The SMILES string of the molecule is CCN1CC(c2cnc(Cl)s2)n2c1[n+](CC)c([O-])c(-c1cccc(C(F)(F)F)c1)c2=O. The van der Waals surface area contributed by atoms with Crippen molar-refractivity contribution < 1.29 is 22.8 Å². The molecule has 0 N–H and O–H groups in total. The van der Waals surface area contributed by atoms with Crippen molar-refractivity contribution in [3.63, 3.8) is 0 Å². The van der Waals surface area contributed by atoms with Gasteiger partial charge >= 0.3 is 17.7 Å². The lowest BCUT2D eigenvalue weighted by Gasteiger charge is -2.21. The van der Waals surface area contributed by atoms with Crippen LogP contribution in [0.2, 0.25) is 4.47 Å². The smallest absolute Gasteiger partial charge is 0.416 e. The van der Waals surface area contributed by atoms with E-state index in [-0.39, 0.29) is 17.7 Å². The Morgan fingerprint density at radius 2 is 2.10 bits per heavy atom. The molecular weight excluding hydrogens is 453 g/mol. The first-order chi connectivity index (χ1) is 14.7. The fourth-order valence-corrected chi connectivity index (χ4v) is 4.96. The molecule has 11 heteroatoms. The van der Waals surface area contributed by atoms with Crippen molar-refractivity contribution in [2.24, 2.45) is 0 Å². The van der Waals surface area contributed by atoms with Gasteiger partial charge in [0.15, 0.2) is 10.5 Å². The Balaban J connectivity index is 2.01. The van der Waals surface area contributed by atoms with E-state index in [1.54, 1.807) is 13.1 Å². The first kappa shape index (κ1) is 21.6. The first-order valence-electron chi connectivity index (χ1n) is 9.60. The number of aromatic nitrogens is 3. The molecule has 0 saturated carbocycles. The summed E-state index contributed by atoms with van der Waals surface area (Å²) in [5.41, 5.74) is -1.89. The van der Waals surface area contributed by atoms with Gasteiger partial charge in [-0.05, 0) is 31.5 Å². The summed E-state index contributed by atoms with van der Waals surface area (Å²) in [6.45, 7) is 4.89. The van der Waals surface area contributed by atoms with Gasteiger partial charge in [-0.3, -0.25) is 9.69 Å². The molecule has 3 heterocycles. The molecule has 0 saturated heterocycles. The fraction of sp³-hybridized carbons (Fsp3) is 0.350. The zero-order valence-electron chi connectivity index (χ0n) is 16.6. The van der Waals surface area contributed by atoms with E-state index in [4.69, 9.17) is 11.6 Å². The van der Waals surface area contributed by atoms with E-state index in [0.29, 0.717) is 23.5 Å². The van der Waals surface area contributed by atoms with Crippen LogP contribution in [0.3, 0.4) is 0 Å². The van der Waals surface area contributed by atoms with Crippen LogP contribution in [0.25, 0.3) is 11.1 Å². The molecule has 0 radical (unpaired) electrons. The lowest BCUT2D eigenvalue weighted by Crippen LogP contribution is -2.47. The second-order valence-corrected chi connectivity index (χ2v) is 8.69. The van der Waals surface area contributed by atoms with Crippen LogP contribution in [0.15, 0.2) is 35.3 Å². The number of hydrogen-bond acceptors (Lipinski definition) is 5. The zero-order chi connectivity index (χ0) is 22.5. The summed E-state index contributed by atoms with van der Waals surface area (Å²) in [6.07, 6.45) is -3.01. The highest BCUT2D eigenvalue weighted by Gasteiger charge is 2.42. The first-order valence-corrected chi connectivity index (χ1v) is 10.8. The lowest BCUT2D eigenvalue weighted by molar-refractivity contribution is -0.723. The molecule has 1 unspecified atom stereocenters. The van der Waals surface area contributed by atoms with E-state index in [0.717, 1.165) is 17.0 Å². The Kier molecular flexibility index (Phi) is 5.47. The molecule has 31 heavy (non-hydrogen) atoms. The lowest BCUT2D eigenvalue weighted by atomic mass is 10.0. The molecule has 0 amide bonds. The van der Waals surface area contributed by atoms with Gasteiger partial charge in [0.1, 0.15) is 6.54 Å². The molecule has 1 aromatic carbocycles. The number of fused-ring (bicyclic) bond motifs is 1. The zero-order valence-corrected chi connectivity index (χ0v) is 18.2. The van der Waals surface area contributed by atoms with Crippen molar-refractivity contribution >= 4 is 28.9 Å². The second-order valence-electron chi connectivity index (χ2n) is 7.05. The Bertz CT molecular complexity index is 1210. The summed E-state index contributed by atoms with van der Waals surface area (Å²) in [6, 6.07) is 3.86. The van der Waals surface area contributed by atoms with Gasteiger partial charge in [-0.25, -0.2) is 9.55 Å². The highest BCUT2D eigenvalue weighted by Crippen LogP contribution is 2.37. The van der Waals surface area contributed by atoms with Crippen LogP contribution in [0.1, 0.15) is 30.3 Å². The maximum Gasteiger partial charge on any atom is 0.416 e. The van der Waals surface area contributed by atoms with Crippen LogP contribution in [0.5, 0.6) is 5.88 Å². The van der Waals surface area contributed by atoms with Crippen molar-refractivity contribution in [2.45, 2.75) is 32.6 Å². The van der Waals surface area contributed by atoms with Gasteiger partial charge < -0.3 is 5.11 Å². The quantitative estimate of drug-likeness (QED) is 0.548. The van der Waals surface area contributed by atoms with Gasteiger partial charge in [0.25, 0.3) is 0 Å². The molecule has 164 valence electrons. The summed E-state index contributed by atoms with van der Waals surface area (Å²) in [5, 5.41) is 13.3. The summed E-state index contributed by atoms with van der Waals surface area (Å²) < 4.78 is 43.0. The number of anilines is 1. The van der Waals surface area contributed by atoms with E-state index in [1.807, 2.05) is 11.8 Å². The summed E-state index contributed by atoms with van der Waals surface area (Å²) in [5.74, 6) is -0.176. The molecule has 0 bridgehead atoms. The van der Waals surface area contributed by atoms with Crippen molar-refractivity contribution in [1.29, 1.82) is 0 Å². The minimum atomic E-state index is -4.59. The molecule has 0 spiro atoms. The van der Waals surface area contributed by atoms with E-state index in [9.17, 15) is 23.1 Å². The fourth-order valence-electron chi connectivity index (χ4n) is 3.92. The summed E-state index contributed by atoms with van der Waals surface area (Å²) >= 11 is 7.22. The topological polar surface area (TPSA) is 65.1 Å². The van der Waals surface area contributed by atoms with Gasteiger partial charge in [-0.2, -0.15) is 17.7 Å². The number of nitrogens with zero attached hydrogens (tertiary/aromatic N) is 4. The van der Waals surface area contributed by atoms with Gasteiger partial charge in [-0.15, -0.1) is 11.3 Å². The molecule has 1 aliphatic heterocycles. The van der Waals surface area contributed by atoms with E-state index < -0.39 is 29.2 Å². The van der Waals surface area contributed by atoms with Crippen LogP contribution in [-0.2, 0) is 12.7 Å². The highest BCUT2D eigenvalue weighted by molar-refractivity contribution is 7.15. The molecule has 4 rings (SSSR count). The maximum absolute atomic E-state index is 13.6. The van der Waals surface area contributed by atoms with Crippen LogP contribution in [0, 0.1) is 0 Å². The van der Waals surface area contributed by atoms with Crippen LogP contribution >= 0.6 is 22.9 Å². The van der Waals surface area contributed by atoms with Crippen molar-refractivity contribution in [3.8, 4) is 17.0 Å².